The second kappa shape index (κ2) is 6.98. The number of phenolic OH excluding ortho intramolecular Hbond substituents is 1. The Balaban J connectivity index is 2.00. The fourth-order valence-electron chi connectivity index (χ4n) is 3.18. The summed E-state index contributed by atoms with van der Waals surface area (Å²) < 4.78 is 5.14. The van der Waals surface area contributed by atoms with Crippen molar-refractivity contribution in [3.05, 3.63) is 23.8 Å². The van der Waals surface area contributed by atoms with E-state index in [0.29, 0.717) is 11.5 Å². The molecule has 1 aliphatic rings. The Morgan fingerprint density at radius 2 is 2.00 bits per heavy atom. The summed E-state index contributed by atoms with van der Waals surface area (Å²) in [7, 11) is 3.77. The lowest BCUT2D eigenvalue weighted by Gasteiger charge is -2.31. The molecule has 0 saturated heterocycles. The van der Waals surface area contributed by atoms with Crippen LogP contribution in [0, 0.1) is 5.92 Å². The van der Waals surface area contributed by atoms with Gasteiger partial charge in [0, 0.05) is 24.2 Å². The number of benzene rings is 1. The van der Waals surface area contributed by atoms with Gasteiger partial charge in [-0.2, -0.15) is 0 Å². The number of hydrogen-bond acceptors (Lipinski definition) is 3. The molecule has 112 valence electrons. The van der Waals surface area contributed by atoms with Crippen molar-refractivity contribution in [2.75, 3.05) is 20.7 Å². The molecule has 0 aromatic heterocycles. The van der Waals surface area contributed by atoms with Crippen molar-refractivity contribution in [1.82, 2.24) is 4.90 Å². The number of hydrogen-bond donors (Lipinski definition) is 1. The summed E-state index contributed by atoms with van der Waals surface area (Å²) >= 11 is 0. The van der Waals surface area contributed by atoms with Crippen LogP contribution in [-0.4, -0.2) is 30.7 Å². The Bertz CT molecular complexity index is 427. The molecule has 3 heteroatoms. The molecular weight excluding hydrogens is 250 g/mol. The third-order valence-corrected chi connectivity index (χ3v) is 4.62. The summed E-state index contributed by atoms with van der Waals surface area (Å²) in [5.74, 6) is 1.84. The van der Waals surface area contributed by atoms with Crippen LogP contribution in [0.1, 0.15) is 50.6 Å². The number of nitrogens with zero attached hydrogens (tertiary/aromatic N) is 1. The van der Waals surface area contributed by atoms with E-state index in [0.717, 1.165) is 18.0 Å². The quantitative estimate of drug-likeness (QED) is 0.884. The summed E-state index contributed by atoms with van der Waals surface area (Å²) in [6.07, 6.45) is 6.85. The van der Waals surface area contributed by atoms with E-state index in [9.17, 15) is 5.11 Å². The van der Waals surface area contributed by atoms with Crippen molar-refractivity contribution >= 4 is 0 Å². The molecule has 0 spiro atoms. The van der Waals surface area contributed by atoms with Gasteiger partial charge in [0.25, 0.3) is 0 Å². The molecule has 1 aromatic rings. The van der Waals surface area contributed by atoms with E-state index in [-0.39, 0.29) is 6.04 Å². The van der Waals surface area contributed by atoms with Gasteiger partial charge in [-0.3, -0.25) is 4.90 Å². The van der Waals surface area contributed by atoms with E-state index < -0.39 is 0 Å². The Hall–Kier alpha value is -1.22. The summed E-state index contributed by atoms with van der Waals surface area (Å²) in [6.45, 7) is 3.27. The molecule has 0 amide bonds. The minimum atomic E-state index is 0.225. The number of methoxy groups -OCH3 is 1. The highest BCUT2D eigenvalue weighted by atomic mass is 16.5. The average molecular weight is 277 g/mol. The molecule has 1 aromatic carbocycles. The molecular formula is C17H27NO2. The van der Waals surface area contributed by atoms with Gasteiger partial charge in [-0.25, -0.2) is 0 Å². The molecule has 2 rings (SSSR count). The topological polar surface area (TPSA) is 32.7 Å². The maximum absolute atomic E-state index is 10.1. The van der Waals surface area contributed by atoms with E-state index in [1.165, 1.54) is 32.1 Å². The third kappa shape index (κ3) is 3.66. The molecule has 0 aliphatic heterocycles. The van der Waals surface area contributed by atoms with Crippen LogP contribution in [0.4, 0.5) is 0 Å². The number of phenols is 1. The lowest BCUT2D eigenvalue weighted by atomic mass is 9.88. The molecule has 1 saturated carbocycles. The molecule has 1 atom stereocenters. The van der Waals surface area contributed by atoms with E-state index >= 15 is 0 Å². The van der Waals surface area contributed by atoms with E-state index in [1.54, 1.807) is 13.2 Å². The number of aromatic hydroxyl groups is 1. The fourth-order valence-corrected chi connectivity index (χ4v) is 3.18. The maximum Gasteiger partial charge on any atom is 0.124 e. The average Bonchev–Trinajstić information content (AvgIpc) is 2.47. The van der Waals surface area contributed by atoms with Gasteiger partial charge in [-0.05, 0) is 38.8 Å². The van der Waals surface area contributed by atoms with E-state index in [4.69, 9.17) is 4.74 Å². The SMILES string of the molecule is COc1ccc(C(C)N(C)CC2CCCCC2)c(O)c1. The monoisotopic (exact) mass is 277 g/mol. The summed E-state index contributed by atoms with van der Waals surface area (Å²) in [4.78, 5) is 2.36. The van der Waals surface area contributed by atoms with Gasteiger partial charge in [0.1, 0.15) is 11.5 Å². The van der Waals surface area contributed by atoms with Crippen LogP contribution in [0.2, 0.25) is 0 Å². The molecule has 20 heavy (non-hydrogen) atoms. The lowest BCUT2D eigenvalue weighted by Crippen LogP contribution is -2.29. The molecule has 1 N–H and O–H groups in total. The minimum absolute atomic E-state index is 0.225. The van der Waals surface area contributed by atoms with Crippen molar-refractivity contribution < 1.29 is 9.84 Å². The van der Waals surface area contributed by atoms with Gasteiger partial charge >= 0.3 is 0 Å². The van der Waals surface area contributed by atoms with Crippen LogP contribution in [0.15, 0.2) is 18.2 Å². The van der Waals surface area contributed by atoms with Gasteiger partial charge in [0.15, 0.2) is 0 Å². The standard InChI is InChI=1S/C17H27NO2/c1-13(16-10-9-15(20-3)11-17(16)19)18(2)12-14-7-5-4-6-8-14/h9-11,13-14,19H,4-8,12H2,1-3H3. The van der Waals surface area contributed by atoms with Crippen molar-refractivity contribution in [2.45, 2.75) is 45.1 Å². The highest BCUT2D eigenvalue weighted by Gasteiger charge is 2.20. The van der Waals surface area contributed by atoms with Crippen molar-refractivity contribution in [1.29, 1.82) is 0 Å². The predicted molar refractivity (Wildman–Crippen MR) is 82.3 cm³/mol. The second-order valence-electron chi connectivity index (χ2n) is 6.04. The Morgan fingerprint density at radius 1 is 1.30 bits per heavy atom. The molecule has 0 heterocycles. The van der Waals surface area contributed by atoms with Gasteiger partial charge in [-0.15, -0.1) is 0 Å². The first-order valence-corrected chi connectivity index (χ1v) is 7.69. The van der Waals surface area contributed by atoms with Crippen LogP contribution in [0.25, 0.3) is 0 Å². The van der Waals surface area contributed by atoms with Gasteiger partial charge < -0.3 is 9.84 Å². The van der Waals surface area contributed by atoms with Crippen LogP contribution in [0.3, 0.4) is 0 Å². The number of rotatable bonds is 5. The smallest absolute Gasteiger partial charge is 0.124 e. The second-order valence-corrected chi connectivity index (χ2v) is 6.04. The van der Waals surface area contributed by atoms with E-state index in [1.807, 2.05) is 12.1 Å². The summed E-state index contributed by atoms with van der Waals surface area (Å²) in [5.41, 5.74) is 0.976. The molecule has 1 fully saturated rings. The van der Waals surface area contributed by atoms with Crippen LogP contribution < -0.4 is 4.74 Å². The zero-order valence-corrected chi connectivity index (χ0v) is 12.9. The van der Waals surface area contributed by atoms with Crippen molar-refractivity contribution in [3.63, 3.8) is 0 Å². The molecule has 0 bridgehead atoms. The predicted octanol–water partition coefficient (Wildman–Crippen LogP) is 3.97. The van der Waals surface area contributed by atoms with Crippen LogP contribution >= 0.6 is 0 Å². The Labute approximate surface area is 122 Å². The van der Waals surface area contributed by atoms with Crippen LogP contribution in [0.5, 0.6) is 11.5 Å². The Kier molecular flexibility index (Phi) is 5.30. The first kappa shape index (κ1) is 15.2. The zero-order chi connectivity index (χ0) is 14.5. The van der Waals surface area contributed by atoms with Crippen molar-refractivity contribution in [3.8, 4) is 11.5 Å². The van der Waals surface area contributed by atoms with Crippen LogP contribution in [-0.2, 0) is 0 Å². The largest absolute Gasteiger partial charge is 0.507 e. The van der Waals surface area contributed by atoms with Gasteiger partial charge in [0.05, 0.1) is 7.11 Å². The zero-order valence-electron chi connectivity index (χ0n) is 12.9. The molecule has 0 radical (unpaired) electrons. The van der Waals surface area contributed by atoms with Gasteiger partial charge in [-0.1, -0.05) is 25.3 Å². The fraction of sp³-hybridized carbons (Fsp3) is 0.647. The van der Waals surface area contributed by atoms with Gasteiger partial charge in [0.2, 0.25) is 0 Å². The normalized spacial score (nSPS) is 18.2. The molecule has 1 unspecified atom stereocenters. The third-order valence-electron chi connectivity index (χ3n) is 4.62. The number of ether oxygens (including phenoxy) is 1. The van der Waals surface area contributed by atoms with Crippen molar-refractivity contribution in [2.24, 2.45) is 5.92 Å². The minimum Gasteiger partial charge on any atom is -0.507 e. The first-order chi connectivity index (χ1) is 9.61. The highest BCUT2D eigenvalue weighted by Crippen LogP contribution is 2.32. The first-order valence-electron chi connectivity index (χ1n) is 7.69. The maximum atomic E-state index is 10.1. The molecule has 1 aliphatic carbocycles. The highest BCUT2D eigenvalue weighted by molar-refractivity contribution is 5.41. The summed E-state index contributed by atoms with van der Waals surface area (Å²) in [5, 5.41) is 10.1. The van der Waals surface area contributed by atoms with E-state index in [2.05, 4.69) is 18.9 Å². The lowest BCUT2D eigenvalue weighted by molar-refractivity contribution is 0.190. The Morgan fingerprint density at radius 3 is 2.60 bits per heavy atom. The molecule has 3 nitrogen and oxygen atoms in total. The summed E-state index contributed by atoms with van der Waals surface area (Å²) in [6, 6.07) is 5.80.